The molecule has 130 valence electrons. The summed E-state index contributed by atoms with van der Waals surface area (Å²) in [7, 11) is 1.30. The molecule has 2 unspecified atom stereocenters. The number of methoxy groups -OCH3 is 1. The predicted molar refractivity (Wildman–Crippen MR) is 86.0 cm³/mol. The van der Waals surface area contributed by atoms with Gasteiger partial charge in [-0.2, -0.15) is 0 Å². The van der Waals surface area contributed by atoms with Gasteiger partial charge in [-0.05, 0) is 18.9 Å². The average molecular weight is 334 g/mol. The summed E-state index contributed by atoms with van der Waals surface area (Å²) in [5, 5.41) is 2.62. The fourth-order valence-electron chi connectivity index (χ4n) is 2.46. The van der Waals surface area contributed by atoms with Crippen molar-refractivity contribution in [2.24, 2.45) is 0 Å². The van der Waals surface area contributed by atoms with Gasteiger partial charge in [0.15, 0.2) is 0 Å². The Hall–Kier alpha value is -2.57. The van der Waals surface area contributed by atoms with Crippen molar-refractivity contribution in [3.05, 3.63) is 35.9 Å². The first-order valence-corrected chi connectivity index (χ1v) is 7.85. The van der Waals surface area contributed by atoms with E-state index in [4.69, 9.17) is 4.74 Å². The minimum absolute atomic E-state index is 0.105. The van der Waals surface area contributed by atoms with Crippen molar-refractivity contribution in [1.82, 2.24) is 10.2 Å². The molecule has 1 aliphatic rings. The first-order valence-electron chi connectivity index (χ1n) is 7.85. The molecule has 0 saturated carbocycles. The van der Waals surface area contributed by atoms with Gasteiger partial charge in [0.25, 0.3) is 0 Å². The van der Waals surface area contributed by atoms with Crippen molar-refractivity contribution in [3.63, 3.8) is 0 Å². The van der Waals surface area contributed by atoms with Crippen molar-refractivity contribution in [1.29, 1.82) is 0 Å². The van der Waals surface area contributed by atoms with Gasteiger partial charge in [-0.1, -0.05) is 30.3 Å². The zero-order valence-corrected chi connectivity index (χ0v) is 13.9. The van der Waals surface area contributed by atoms with E-state index in [2.05, 4.69) is 10.1 Å². The van der Waals surface area contributed by atoms with Gasteiger partial charge in [-0.25, -0.2) is 9.59 Å². The minimum Gasteiger partial charge on any atom is -0.467 e. The largest absolute Gasteiger partial charge is 0.467 e. The highest BCUT2D eigenvalue weighted by Crippen LogP contribution is 2.20. The number of likely N-dealkylation sites (tertiary alicyclic amines) is 1. The van der Waals surface area contributed by atoms with E-state index in [1.54, 1.807) is 6.92 Å². The van der Waals surface area contributed by atoms with Crippen molar-refractivity contribution >= 4 is 18.0 Å². The lowest BCUT2D eigenvalue weighted by Gasteiger charge is -2.39. The summed E-state index contributed by atoms with van der Waals surface area (Å²) >= 11 is 0. The number of hydrogen-bond donors (Lipinski definition) is 1. The normalized spacial score (nSPS) is 17.4. The molecule has 7 nitrogen and oxygen atoms in total. The second-order valence-electron chi connectivity index (χ2n) is 5.73. The number of ether oxygens (including phenoxy) is 2. The highest BCUT2D eigenvalue weighted by Gasteiger charge is 2.38. The number of benzene rings is 1. The Morgan fingerprint density at radius 2 is 2.00 bits per heavy atom. The van der Waals surface area contributed by atoms with Crippen LogP contribution in [0.15, 0.2) is 30.3 Å². The zero-order chi connectivity index (χ0) is 17.5. The standard InChI is InChI=1S/C17H22N2O5/c1-12(10-15(20)19-9-8-14(19)16(21)23-2)18-17(22)24-11-13-6-4-3-5-7-13/h3-7,12,14H,8-11H2,1-2H3,(H,18,22). The van der Waals surface area contributed by atoms with E-state index in [9.17, 15) is 14.4 Å². The number of amides is 2. The lowest BCUT2D eigenvalue weighted by molar-refractivity contribution is -0.159. The van der Waals surface area contributed by atoms with Gasteiger partial charge < -0.3 is 19.7 Å². The third-order valence-electron chi connectivity index (χ3n) is 3.87. The summed E-state index contributed by atoms with van der Waals surface area (Å²) in [4.78, 5) is 36.9. The Morgan fingerprint density at radius 1 is 1.29 bits per heavy atom. The minimum atomic E-state index is -0.577. The molecule has 2 atom stereocenters. The van der Waals surface area contributed by atoms with Crippen LogP contribution >= 0.6 is 0 Å². The second-order valence-corrected chi connectivity index (χ2v) is 5.73. The molecule has 1 heterocycles. The summed E-state index contributed by atoms with van der Waals surface area (Å²) in [5.74, 6) is -0.593. The molecule has 2 amide bonds. The number of carbonyl (C=O) groups is 3. The molecule has 0 spiro atoms. The molecule has 1 saturated heterocycles. The van der Waals surface area contributed by atoms with Crippen LogP contribution in [-0.2, 0) is 25.7 Å². The Labute approximate surface area is 140 Å². The number of rotatable bonds is 6. The molecule has 0 aromatic heterocycles. The Balaban J connectivity index is 1.72. The number of nitrogens with zero attached hydrogens (tertiary/aromatic N) is 1. The van der Waals surface area contributed by atoms with Gasteiger partial charge in [-0.3, -0.25) is 4.79 Å². The van der Waals surface area contributed by atoms with Crippen LogP contribution in [0.25, 0.3) is 0 Å². The van der Waals surface area contributed by atoms with Gasteiger partial charge in [0.05, 0.1) is 7.11 Å². The quantitative estimate of drug-likeness (QED) is 0.796. The Morgan fingerprint density at radius 3 is 2.58 bits per heavy atom. The molecule has 1 aliphatic heterocycles. The summed E-state index contributed by atoms with van der Waals surface area (Å²) in [6.07, 6.45) is 0.139. The Bertz CT molecular complexity index is 590. The number of alkyl carbamates (subject to hydrolysis) is 1. The zero-order valence-electron chi connectivity index (χ0n) is 13.9. The summed E-state index contributed by atoms with van der Waals surface area (Å²) in [5.41, 5.74) is 0.887. The van der Waals surface area contributed by atoms with Crippen LogP contribution in [-0.4, -0.2) is 48.6 Å². The maximum atomic E-state index is 12.2. The maximum Gasteiger partial charge on any atom is 0.407 e. The van der Waals surface area contributed by atoms with Gasteiger partial charge in [-0.15, -0.1) is 0 Å². The van der Waals surface area contributed by atoms with Crippen LogP contribution in [0.4, 0.5) is 4.79 Å². The monoisotopic (exact) mass is 334 g/mol. The van der Waals surface area contributed by atoms with Crippen LogP contribution < -0.4 is 5.32 Å². The number of esters is 1. The predicted octanol–water partition coefficient (Wildman–Crippen LogP) is 1.47. The average Bonchev–Trinajstić information content (AvgIpc) is 2.52. The highest BCUT2D eigenvalue weighted by atomic mass is 16.5. The van der Waals surface area contributed by atoms with Gasteiger partial charge >= 0.3 is 12.1 Å². The molecule has 24 heavy (non-hydrogen) atoms. The molecule has 0 aliphatic carbocycles. The van der Waals surface area contributed by atoms with E-state index in [-0.39, 0.29) is 25.0 Å². The van der Waals surface area contributed by atoms with Crippen LogP contribution in [0.3, 0.4) is 0 Å². The lowest BCUT2D eigenvalue weighted by atomic mass is 10.0. The number of nitrogens with one attached hydrogen (secondary N) is 1. The second kappa shape index (κ2) is 8.33. The van der Waals surface area contributed by atoms with E-state index in [1.165, 1.54) is 12.0 Å². The molecule has 1 fully saturated rings. The third-order valence-corrected chi connectivity index (χ3v) is 3.87. The van der Waals surface area contributed by atoms with E-state index in [1.807, 2.05) is 30.3 Å². The SMILES string of the molecule is COC(=O)C1CCN1C(=O)CC(C)NC(=O)OCc1ccccc1. The van der Waals surface area contributed by atoms with E-state index in [0.717, 1.165) is 5.56 Å². The molecule has 0 bridgehead atoms. The molecule has 7 heteroatoms. The first kappa shape index (κ1) is 17.8. The first-order chi connectivity index (χ1) is 11.5. The van der Waals surface area contributed by atoms with Crippen molar-refractivity contribution in [2.45, 2.75) is 38.5 Å². The number of carbonyl (C=O) groups excluding carboxylic acids is 3. The fraction of sp³-hybridized carbons (Fsp3) is 0.471. The molecular weight excluding hydrogens is 312 g/mol. The molecule has 1 aromatic rings. The van der Waals surface area contributed by atoms with Gasteiger partial charge in [0.2, 0.25) is 5.91 Å². The maximum absolute atomic E-state index is 12.2. The van der Waals surface area contributed by atoms with Crippen molar-refractivity contribution in [2.75, 3.05) is 13.7 Å². The lowest BCUT2D eigenvalue weighted by Crippen LogP contribution is -2.56. The molecule has 1 N–H and O–H groups in total. The van der Waals surface area contributed by atoms with Crippen LogP contribution in [0.5, 0.6) is 0 Å². The van der Waals surface area contributed by atoms with E-state index < -0.39 is 18.1 Å². The van der Waals surface area contributed by atoms with E-state index >= 15 is 0 Å². The highest BCUT2D eigenvalue weighted by molar-refractivity contribution is 5.86. The van der Waals surface area contributed by atoms with Gasteiger partial charge in [0, 0.05) is 19.0 Å². The van der Waals surface area contributed by atoms with Crippen LogP contribution in [0, 0.1) is 0 Å². The topological polar surface area (TPSA) is 84.9 Å². The van der Waals surface area contributed by atoms with Crippen LogP contribution in [0.1, 0.15) is 25.3 Å². The molecular formula is C17H22N2O5. The molecule has 2 rings (SSSR count). The van der Waals surface area contributed by atoms with E-state index in [0.29, 0.717) is 13.0 Å². The van der Waals surface area contributed by atoms with Gasteiger partial charge in [0.1, 0.15) is 12.6 Å². The smallest absolute Gasteiger partial charge is 0.407 e. The Kier molecular flexibility index (Phi) is 6.17. The summed E-state index contributed by atoms with van der Waals surface area (Å²) in [6.45, 7) is 2.42. The summed E-state index contributed by atoms with van der Waals surface area (Å²) in [6, 6.07) is 8.44. The third kappa shape index (κ3) is 4.71. The molecule has 1 aromatic carbocycles. The van der Waals surface area contributed by atoms with Crippen molar-refractivity contribution in [3.8, 4) is 0 Å². The molecule has 0 radical (unpaired) electrons. The van der Waals surface area contributed by atoms with Crippen LogP contribution in [0.2, 0.25) is 0 Å². The fourth-order valence-corrected chi connectivity index (χ4v) is 2.46. The van der Waals surface area contributed by atoms with Crippen molar-refractivity contribution < 1.29 is 23.9 Å². The number of hydrogen-bond acceptors (Lipinski definition) is 5. The summed E-state index contributed by atoms with van der Waals surface area (Å²) < 4.78 is 9.76.